The topological polar surface area (TPSA) is 119 Å². The number of imidazole rings is 1. The molecule has 0 aromatic carbocycles. The summed E-state index contributed by atoms with van der Waals surface area (Å²) in [5.41, 5.74) is 6.77. The predicted octanol–water partition coefficient (Wildman–Crippen LogP) is -0.867. The lowest BCUT2D eigenvalue weighted by Crippen LogP contribution is -2.34. The molecule has 0 amide bonds. The number of aliphatic hydroxyl groups excluding tert-OH is 2. The number of nitrogen functional groups attached to an aromatic ring is 1. The number of fused-ring (bicyclic) bond motifs is 6. The Hall–Kier alpha value is -1.42. The highest BCUT2D eigenvalue weighted by molar-refractivity contribution is 7.99. The molecule has 0 unspecified atom stereocenters. The lowest BCUT2D eigenvalue weighted by Gasteiger charge is -2.18. The Labute approximate surface area is 111 Å². The second-order valence-corrected chi connectivity index (χ2v) is 5.54. The average Bonchev–Trinajstić information content (AvgIpc) is 2.81. The van der Waals surface area contributed by atoms with E-state index in [0.29, 0.717) is 22.1 Å². The van der Waals surface area contributed by atoms with E-state index in [9.17, 15) is 10.2 Å². The van der Waals surface area contributed by atoms with Crippen LogP contribution in [-0.2, 0) is 4.74 Å². The van der Waals surface area contributed by atoms with Gasteiger partial charge >= 0.3 is 0 Å². The summed E-state index contributed by atoms with van der Waals surface area (Å²) < 4.78 is 7.36. The summed E-state index contributed by atoms with van der Waals surface area (Å²) in [5.74, 6) is 0.807. The molecule has 2 aromatic heterocycles. The Balaban J connectivity index is 1.97. The number of anilines is 1. The maximum Gasteiger partial charge on any atom is 0.172 e. The van der Waals surface area contributed by atoms with Gasteiger partial charge in [-0.2, -0.15) is 0 Å². The van der Waals surface area contributed by atoms with Gasteiger partial charge in [-0.3, -0.25) is 4.57 Å². The van der Waals surface area contributed by atoms with Crippen molar-refractivity contribution >= 4 is 28.7 Å². The second kappa shape index (κ2) is 3.79. The summed E-state index contributed by atoms with van der Waals surface area (Å²) in [6.45, 7) is 0. The number of nitrogens with two attached hydrogens (primary N) is 1. The molecular weight excluding hydrogens is 270 g/mol. The number of ether oxygens (including phenoxy) is 1. The van der Waals surface area contributed by atoms with Crippen molar-refractivity contribution in [3.8, 4) is 0 Å². The summed E-state index contributed by atoms with van der Waals surface area (Å²) in [6.07, 6.45) is -1.65. The van der Waals surface area contributed by atoms with E-state index in [4.69, 9.17) is 10.5 Å². The second-order valence-electron chi connectivity index (χ2n) is 4.55. The van der Waals surface area contributed by atoms with Gasteiger partial charge in [-0.15, -0.1) is 0 Å². The van der Waals surface area contributed by atoms with Crippen molar-refractivity contribution in [3.63, 3.8) is 0 Å². The first kappa shape index (κ1) is 11.4. The Morgan fingerprint density at radius 1 is 1.37 bits per heavy atom. The Bertz CT molecular complexity index is 662. The van der Waals surface area contributed by atoms with E-state index in [2.05, 4.69) is 15.0 Å². The number of rotatable bonds is 0. The molecule has 0 radical (unpaired) electrons. The first-order valence-electron chi connectivity index (χ1n) is 5.79. The normalized spacial score (nSPS) is 33.4. The number of aliphatic hydroxyl groups is 2. The smallest absolute Gasteiger partial charge is 0.172 e. The van der Waals surface area contributed by atoms with Crippen LogP contribution in [0.2, 0.25) is 0 Å². The molecular formula is C10H11N5O3S. The van der Waals surface area contributed by atoms with Crippen molar-refractivity contribution in [1.82, 2.24) is 19.5 Å². The molecule has 4 heterocycles. The van der Waals surface area contributed by atoms with Crippen molar-refractivity contribution in [3.05, 3.63) is 6.33 Å². The maximum atomic E-state index is 10.1. The van der Waals surface area contributed by atoms with E-state index in [-0.39, 0.29) is 5.82 Å². The van der Waals surface area contributed by atoms with Crippen LogP contribution in [0, 0.1) is 0 Å². The summed E-state index contributed by atoms with van der Waals surface area (Å²) in [4.78, 5) is 12.4. The highest BCUT2D eigenvalue weighted by Crippen LogP contribution is 2.40. The zero-order valence-corrected chi connectivity index (χ0v) is 10.5. The number of hydrogen-bond acceptors (Lipinski definition) is 8. The van der Waals surface area contributed by atoms with Crippen LogP contribution in [0.4, 0.5) is 5.82 Å². The lowest BCUT2D eigenvalue weighted by atomic mass is 10.1. The maximum absolute atomic E-state index is 10.1. The zero-order valence-electron chi connectivity index (χ0n) is 9.67. The van der Waals surface area contributed by atoms with Crippen molar-refractivity contribution < 1.29 is 14.9 Å². The molecule has 1 saturated heterocycles. The van der Waals surface area contributed by atoms with Gasteiger partial charge in [0.25, 0.3) is 0 Å². The fourth-order valence-electron chi connectivity index (χ4n) is 2.47. The Morgan fingerprint density at radius 3 is 3.05 bits per heavy atom. The van der Waals surface area contributed by atoms with E-state index < -0.39 is 24.5 Å². The third kappa shape index (κ3) is 1.43. The van der Waals surface area contributed by atoms with E-state index in [1.54, 1.807) is 4.57 Å². The molecule has 0 spiro atoms. The summed E-state index contributed by atoms with van der Waals surface area (Å²) in [5, 5.41) is 20.6. The fourth-order valence-corrected chi connectivity index (χ4v) is 3.55. The van der Waals surface area contributed by atoms with Crippen molar-refractivity contribution in [2.75, 3.05) is 11.5 Å². The molecule has 8 nitrogen and oxygen atoms in total. The first-order chi connectivity index (χ1) is 9.16. The average molecular weight is 281 g/mol. The van der Waals surface area contributed by atoms with Crippen LogP contribution in [-0.4, -0.2) is 53.8 Å². The molecule has 4 rings (SSSR count). The van der Waals surface area contributed by atoms with Gasteiger partial charge in [0, 0.05) is 5.75 Å². The van der Waals surface area contributed by atoms with Gasteiger partial charge in [0.15, 0.2) is 28.4 Å². The minimum atomic E-state index is -1.00. The minimum Gasteiger partial charge on any atom is -0.387 e. The molecule has 2 aliphatic heterocycles. The molecule has 2 bridgehead atoms. The SMILES string of the molecule is Nc1ncnc2c1nc1n2[C@@H]2O[C@H](CS1)[C@@H](O)[C@H]2O. The summed E-state index contributed by atoms with van der Waals surface area (Å²) in [6, 6.07) is 0. The van der Waals surface area contributed by atoms with Crippen LogP contribution >= 0.6 is 11.8 Å². The number of aromatic nitrogens is 4. The summed E-state index contributed by atoms with van der Waals surface area (Å²) >= 11 is 1.45. The third-order valence-corrected chi connectivity index (χ3v) is 4.48. The van der Waals surface area contributed by atoms with Gasteiger partial charge in [0.1, 0.15) is 18.5 Å². The van der Waals surface area contributed by atoms with Gasteiger partial charge in [-0.25, -0.2) is 15.0 Å². The largest absolute Gasteiger partial charge is 0.387 e. The van der Waals surface area contributed by atoms with Crippen molar-refractivity contribution in [1.29, 1.82) is 0 Å². The minimum absolute atomic E-state index is 0.288. The molecule has 9 heteroatoms. The Morgan fingerprint density at radius 2 is 2.21 bits per heavy atom. The van der Waals surface area contributed by atoms with Crippen LogP contribution in [0.3, 0.4) is 0 Å². The number of hydrogen-bond donors (Lipinski definition) is 3. The van der Waals surface area contributed by atoms with Crippen LogP contribution in [0.1, 0.15) is 6.23 Å². The van der Waals surface area contributed by atoms with Gasteiger partial charge in [-0.1, -0.05) is 11.8 Å². The van der Waals surface area contributed by atoms with Crippen LogP contribution in [0.5, 0.6) is 0 Å². The van der Waals surface area contributed by atoms with Gasteiger partial charge < -0.3 is 20.7 Å². The van der Waals surface area contributed by atoms with E-state index in [0.717, 1.165) is 0 Å². The van der Waals surface area contributed by atoms with Gasteiger partial charge in [0.05, 0.1) is 6.10 Å². The van der Waals surface area contributed by atoms with Crippen molar-refractivity contribution in [2.45, 2.75) is 29.7 Å². The van der Waals surface area contributed by atoms with Crippen LogP contribution in [0.25, 0.3) is 11.2 Å². The third-order valence-electron chi connectivity index (χ3n) is 3.44. The molecule has 2 aliphatic rings. The molecule has 100 valence electrons. The molecule has 1 fully saturated rings. The molecule has 2 aromatic rings. The molecule has 0 aliphatic carbocycles. The highest BCUT2D eigenvalue weighted by atomic mass is 32.2. The molecule has 19 heavy (non-hydrogen) atoms. The Kier molecular flexibility index (Phi) is 2.28. The number of thioether (sulfide) groups is 1. The standard InChI is InChI=1S/C10H11N5O3S/c11-7-4-8(13-2-12-7)15-9-6(17)5(16)3(18-9)1-19-10(15)14-4/h2-3,5-6,9,16-17H,1H2,(H2,11,12,13)/t3-,5-,6-,9-/m1/s1. The van der Waals surface area contributed by atoms with E-state index >= 15 is 0 Å². The van der Waals surface area contributed by atoms with Crippen LogP contribution < -0.4 is 5.73 Å². The van der Waals surface area contributed by atoms with Gasteiger partial charge in [0.2, 0.25) is 0 Å². The summed E-state index contributed by atoms with van der Waals surface area (Å²) in [7, 11) is 0. The molecule has 4 atom stereocenters. The van der Waals surface area contributed by atoms with Gasteiger partial charge in [-0.05, 0) is 0 Å². The lowest BCUT2D eigenvalue weighted by molar-refractivity contribution is -0.0316. The van der Waals surface area contributed by atoms with E-state index in [1.807, 2.05) is 0 Å². The fraction of sp³-hybridized carbons (Fsp3) is 0.500. The van der Waals surface area contributed by atoms with Crippen molar-refractivity contribution in [2.24, 2.45) is 0 Å². The monoisotopic (exact) mass is 281 g/mol. The number of nitrogens with zero attached hydrogens (tertiary/aromatic N) is 4. The van der Waals surface area contributed by atoms with E-state index in [1.165, 1.54) is 18.1 Å². The zero-order chi connectivity index (χ0) is 13.1. The quantitative estimate of drug-likeness (QED) is 0.570. The predicted molar refractivity (Wildman–Crippen MR) is 66.4 cm³/mol. The first-order valence-corrected chi connectivity index (χ1v) is 6.78. The molecule has 0 saturated carbocycles. The molecule has 4 N–H and O–H groups in total. The van der Waals surface area contributed by atoms with Crippen LogP contribution in [0.15, 0.2) is 11.5 Å². The highest BCUT2D eigenvalue weighted by Gasteiger charge is 2.47.